The number of nitrogens with zero attached hydrogens (tertiary/aromatic N) is 1. The van der Waals surface area contributed by atoms with Gasteiger partial charge in [-0.1, -0.05) is 45.8 Å². The molecule has 0 saturated carbocycles. The molecule has 0 radical (unpaired) electrons. The molecule has 1 heterocycles. The molecule has 0 amide bonds. The molecule has 0 aliphatic carbocycles. The molecule has 1 N–H and O–H groups in total. The number of rotatable bonds is 1. The third kappa shape index (κ3) is 1.76. The molecule has 0 atom stereocenters. The van der Waals surface area contributed by atoms with Gasteiger partial charge >= 0.3 is 0 Å². The van der Waals surface area contributed by atoms with Gasteiger partial charge in [0.25, 0.3) is 0 Å². The van der Waals surface area contributed by atoms with Gasteiger partial charge < -0.3 is 0 Å². The third-order valence-corrected chi connectivity index (χ3v) is 3.49. The van der Waals surface area contributed by atoms with E-state index in [1.807, 2.05) is 18.2 Å². The Balaban J connectivity index is 2.31. The smallest absolute Gasteiger partial charge is 0.101 e. The molecule has 0 aliphatic heterocycles. The average Bonchev–Trinajstić information content (AvgIpc) is 2.74. The van der Waals surface area contributed by atoms with Crippen LogP contribution in [0.4, 0.5) is 0 Å². The van der Waals surface area contributed by atoms with Crippen molar-refractivity contribution in [3.8, 4) is 11.3 Å². The molecule has 3 heteroatoms. The molecular weight excluding hydrogens is 276 g/mol. The van der Waals surface area contributed by atoms with Gasteiger partial charge in [-0.3, -0.25) is 5.10 Å². The lowest BCUT2D eigenvalue weighted by molar-refractivity contribution is 1.12. The van der Waals surface area contributed by atoms with Crippen LogP contribution in [0, 0.1) is 6.92 Å². The summed E-state index contributed by atoms with van der Waals surface area (Å²) in [6.45, 7) is 2.09. The molecule has 84 valence electrons. The molecule has 2 aromatic carbocycles. The van der Waals surface area contributed by atoms with E-state index in [9.17, 15) is 0 Å². The first-order chi connectivity index (χ1) is 8.25. The number of fused-ring (bicyclic) bond motifs is 1. The Labute approximate surface area is 108 Å². The second-order valence-electron chi connectivity index (χ2n) is 4.10. The Morgan fingerprint density at radius 2 is 1.94 bits per heavy atom. The minimum Gasteiger partial charge on any atom is -0.277 e. The molecule has 0 fully saturated rings. The number of hydrogen-bond donors (Lipinski definition) is 1. The van der Waals surface area contributed by atoms with Crippen molar-refractivity contribution < 1.29 is 0 Å². The van der Waals surface area contributed by atoms with Crippen LogP contribution in [0.25, 0.3) is 22.2 Å². The van der Waals surface area contributed by atoms with Crippen molar-refractivity contribution in [3.63, 3.8) is 0 Å². The fourth-order valence-electron chi connectivity index (χ4n) is 2.03. The number of aromatic amines is 1. The van der Waals surface area contributed by atoms with E-state index in [2.05, 4.69) is 57.3 Å². The lowest BCUT2D eigenvalue weighted by Gasteiger charge is -2.00. The normalized spacial score (nSPS) is 10.9. The van der Waals surface area contributed by atoms with Gasteiger partial charge in [0.15, 0.2) is 0 Å². The Hall–Kier alpha value is -1.61. The lowest BCUT2D eigenvalue weighted by atomic mass is 10.1. The molecule has 1 aromatic heterocycles. The maximum Gasteiger partial charge on any atom is 0.101 e. The Morgan fingerprint density at radius 1 is 1.12 bits per heavy atom. The van der Waals surface area contributed by atoms with Crippen LogP contribution < -0.4 is 0 Å². The van der Waals surface area contributed by atoms with Gasteiger partial charge in [-0.05, 0) is 25.1 Å². The van der Waals surface area contributed by atoms with Crippen molar-refractivity contribution in [1.29, 1.82) is 0 Å². The molecule has 0 saturated heterocycles. The number of H-pyrrole nitrogens is 1. The summed E-state index contributed by atoms with van der Waals surface area (Å²) in [7, 11) is 0. The van der Waals surface area contributed by atoms with Crippen LogP contribution in [0.15, 0.2) is 46.9 Å². The topological polar surface area (TPSA) is 28.7 Å². The van der Waals surface area contributed by atoms with Gasteiger partial charge in [0.2, 0.25) is 0 Å². The van der Waals surface area contributed by atoms with Gasteiger partial charge in [0.05, 0.1) is 5.52 Å². The van der Waals surface area contributed by atoms with Gasteiger partial charge in [0, 0.05) is 15.4 Å². The summed E-state index contributed by atoms with van der Waals surface area (Å²) in [6, 6.07) is 14.5. The highest BCUT2D eigenvalue weighted by Gasteiger charge is 2.10. The SMILES string of the molecule is Cc1cccc(-c2n[nH]c3cccc(Br)c23)c1. The summed E-state index contributed by atoms with van der Waals surface area (Å²) in [6.07, 6.45) is 0. The summed E-state index contributed by atoms with van der Waals surface area (Å²) >= 11 is 3.58. The number of hydrogen-bond acceptors (Lipinski definition) is 1. The zero-order valence-corrected chi connectivity index (χ0v) is 11.0. The van der Waals surface area contributed by atoms with E-state index >= 15 is 0 Å². The van der Waals surface area contributed by atoms with Crippen molar-refractivity contribution in [2.45, 2.75) is 6.92 Å². The van der Waals surface area contributed by atoms with Crippen LogP contribution in [0.2, 0.25) is 0 Å². The van der Waals surface area contributed by atoms with Crippen molar-refractivity contribution >= 4 is 26.8 Å². The van der Waals surface area contributed by atoms with E-state index in [0.29, 0.717) is 0 Å². The summed E-state index contributed by atoms with van der Waals surface area (Å²) in [4.78, 5) is 0. The molecule has 0 bridgehead atoms. The van der Waals surface area contributed by atoms with E-state index in [0.717, 1.165) is 26.6 Å². The highest BCUT2D eigenvalue weighted by Crippen LogP contribution is 2.32. The minimum atomic E-state index is 0.996. The quantitative estimate of drug-likeness (QED) is 0.710. The summed E-state index contributed by atoms with van der Waals surface area (Å²) in [5.41, 5.74) is 4.43. The predicted molar refractivity (Wildman–Crippen MR) is 74.0 cm³/mol. The minimum absolute atomic E-state index is 0.996. The Kier molecular flexibility index (Phi) is 2.48. The van der Waals surface area contributed by atoms with Crippen LogP contribution >= 0.6 is 15.9 Å². The van der Waals surface area contributed by atoms with E-state index in [-0.39, 0.29) is 0 Å². The molecule has 3 rings (SSSR count). The van der Waals surface area contributed by atoms with Gasteiger partial charge in [0.1, 0.15) is 5.69 Å². The van der Waals surface area contributed by atoms with E-state index in [4.69, 9.17) is 0 Å². The second kappa shape index (κ2) is 4.00. The number of halogens is 1. The highest BCUT2D eigenvalue weighted by molar-refractivity contribution is 9.10. The number of benzene rings is 2. The standard InChI is InChI=1S/C14H11BrN2/c1-9-4-2-5-10(8-9)14-13-11(15)6-3-7-12(13)16-17-14/h2-8H,1H3,(H,16,17). The lowest BCUT2D eigenvalue weighted by Crippen LogP contribution is -1.80. The predicted octanol–water partition coefficient (Wildman–Crippen LogP) is 4.30. The maximum absolute atomic E-state index is 4.41. The molecule has 3 aromatic rings. The van der Waals surface area contributed by atoms with E-state index in [1.165, 1.54) is 5.56 Å². The molecule has 0 aliphatic rings. The zero-order valence-electron chi connectivity index (χ0n) is 9.37. The summed E-state index contributed by atoms with van der Waals surface area (Å²) in [5.74, 6) is 0. The van der Waals surface area contributed by atoms with Crippen molar-refractivity contribution in [3.05, 3.63) is 52.5 Å². The van der Waals surface area contributed by atoms with Gasteiger partial charge in [-0.25, -0.2) is 0 Å². The van der Waals surface area contributed by atoms with Crippen molar-refractivity contribution in [1.82, 2.24) is 10.2 Å². The molecule has 0 spiro atoms. The van der Waals surface area contributed by atoms with Crippen LogP contribution in [0.1, 0.15) is 5.56 Å². The molecule has 17 heavy (non-hydrogen) atoms. The monoisotopic (exact) mass is 286 g/mol. The summed E-state index contributed by atoms with van der Waals surface area (Å²) < 4.78 is 1.07. The molecular formula is C14H11BrN2. The third-order valence-electron chi connectivity index (χ3n) is 2.83. The number of nitrogens with one attached hydrogen (secondary N) is 1. The van der Waals surface area contributed by atoms with Crippen LogP contribution in [-0.4, -0.2) is 10.2 Å². The Bertz CT molecular complexity index is 686. The van der Waals surface area contributed by atoms with E-state index in [1.54, 1.807) is 0 Å². The summed E-state index contributed by atoms with van der Waals surface area (Å²) in [5, 5.41) is 8.62. The van der Waals surface area contributed by atoms with E-state index < -0.39 is 0 Å². The zero-order chi connectivity index (χ0) is 11.8. The molecule has 2 nitrogen and oxygen atoms in total. The van der Waals surface area contributed by atoms with Crippen LogP contribution in [-0.2, 0) is 0 Å². The van der Waals surface area contributed by atoms with Crippen LogP contribution in [0.5, 0.6) is 0 Å². The van der Waals surface area contributed by atoms with Crippen molar-refractivity contribution in [2.75, 3.05) is 0 Å². The van der Waals surface area contributed by atoms with Crippen LogP contribution in [0.3, 0.4) is 0 Å². The first-order valence-corrected chi connectivity index (χ1v) is 6.24. The fraction of sp³-hybridized carbons (Fsp3) is 0.0714. The number of aromatic nitrogens is 2. The highest BCUT2D eigenvalue weighted by atomic mass is 79.9. The van der Waals surface area contributed by atoms with Gasteiger partial charge in [-0.2, -0.15) is 5.10 Å². The first-order valence-electron chi connectivity index (χ1n) is 5.45. The first kappa shape index (κ1) is 10.5. The van der Waals surface area contributed by atoms with Crippen molar-refractivity contribution in [2.24, 2.45) is 0 Å². The fourth-order valence-corrected chi connectivity index (χ4v) is 2.59. The average molecular weight is 287 g/mol. The largest absolute Gasteiger partial charge is 0.277 e. The maximum atomic E-state index is 4.41. The Morgan fingerprint density at radius 3 is 2.76 bits per heavy atom. The second-order valence-corrected chi connectivity index (χ2v) is 4.96. The number of aryl methyl sites for hydroxylation is 1. The van der Waals surface area contributed by atoms with Gasteiger partial charge in [-0.15, -0.1) is 0 Å². The molecule has 0 unspecified atom stereocenters.